The maximum absolute atomic E-state index is 11.0. The SMILES string of the molecule is C=C1N(CC)c2ccc(C(=O)O)cc2C1(C)C. The van der Waals surface area contributed by atoms with Gasteiger partial charge in [-0.25, -0.2) is 4.79 Å². The molecule has 0 radical (unpaired) electrons. The molecule has 0 aromatic heterocycles. The highest BCUT2D eigenvalue weighted by Gasteiger charge is 2.38. The van der Waals surface area contributed by atoms with Gasteiger partial charge in [0.25, 0.3) is 0 Å². The van der Waals surface area contributed by atoms with Crippen LogP contribution in [-0.2, 0) is 5.41 Å². The lowest BCUT2D eigenvalue weighted by Gasteiger charge is -2.24. The van der Waals surface area contributed by atoms with Crippen molar-refractivity contribution in [2.24, 2.45) is 0 Å². The zero-order valence-corrected chi connectivity index (χ0v) is 10.4. The van der Waals surface area contributed by atoms with Gasteiger partial charge in [-0.05, 0) is 30.7 Å². The van der Waals surface area contributed by atoms with Crippen molar-refractivity contribution in [1.82, 2.24) is 0 Å². The Morgan fingerprint density at radius 2 is 2.12 bits per heavy atom. The molecule has 3 heteroatoms. The Morgan fingerprint density at radius 3 is 2.65 bits per heavy atom. The van der Waals surface area contributed by atoms with Crippen molar-refractivity contribution in [3.8, 4) is 0 Å². The molecule has 3 nitrogen and oxygen atoms in total. The van der Waals surface area contributed by atoms with E-state index in [4.69, 9.17) is 5.11 Å². The van der Waals surface area contributed by atoms with Gasteiger partial charge in [-0.1, -0.05) is 20.4 Å². The minimum atomic E-state index is -0.885. The van der Waals surface area contributed by atoms with E-state index in [1.165, 1.54) is 0 Å². The lowest BCUT2D eigenvalue weighted by molar-refractivity contribution is 0.0697. The van der Waals surface area contributed by atoms with Crippen LogP contribution in [0.15, 0.2) is 30.5 Å². The summed E-state index contributed by atoms with van der Waals surface area (Å²) >= 11 is 0. The first kappa shape index (κ1) is 11.7. The van der Waals surface area contributed by atoms with E-state index in [1.54, 1.807) is 12.1 Å². The Morgan fingerprint density at radius 1 is 1.47 bits per heavy atom. The Balaban J connectivity index is 2.63. The van der Waals surface area contributed by atoms with Gasteiger partial charge in [-0.15, -0.1) is 0 Å². The standard InChI is InChI=1S/C14H17NO2/c1-5-15-9(2)14(3,4)11-8-10(13(16)17)6-7-12(11)15/h6-8H,2,5H2,1,3-4H3,(H,16,17). The van der Waals surface area contributed by atoms with Gasteiger partial charge in [-0.2, -0.15) is 0 Å². The summed E-state index contributed by atoms with van der Waals surface area (Å²) < 4.78 is 0. The summed E-state index contributed by atoms with van der Waals surface area (Å²) in [5.41, 5.74) is 3.29. The topological polar surface area (TPSA) is 40.5 Å². The van der Waals surface area contributed by atoms with Crippen LogP contribution in [0.5, 0.6) is 0 Å². The number of hydrogen-bond acceptors (Lipinski definition) is 2. The van der Waals surface area contributed by atoms with Crippen molar-refractivity contribution in [2.75, 3.05) is 11.4 Å². The first-order valence-electron chi connectivity index (χ1n) is 5.74. The van der Waals surface area contributed by atoms with Crippen LogP contribution >= 0.6 is 0 Å². The van der Waals surface area contributed by atoms with Crippen LogP contribution in [0, 0.1) is 0 Å². The van der Waals surface area contributed by atoms with Gasteiger partial charge in [0.1, 0.15) is 0 Å². The summed E-state index contributed by atoms with van der Waals surface area (Å²) in [6.45, 7) is 11.2. The van der Waals surface area contributed by atoms with Crippen molar-refractivity contribution in [3.05, 3.63) is 41.6 Å². The number of carbonyl (C=O) groups is 1. The zero-order chi connectivity index (χ0) is 12.8. The van der Waals surface area contributed by atoms with E-state index >= 15 is 0 Å². The summed E-state index contributed by atoms with van der Waals surface area (Å²) in [6.07, 6.45) is 0. The molecular formula is C14H17NO2. The normalized spacial score (nSPS) is 17.1. The molecule has 1 aromatic carbocycles. The number of benzene rings is 1. The van der Waals surface area contributed by atoms with E-state index in [1.807, 2.05) is 6.07 Å². The Bertz CT molecular complexity index is 503. The van der Waals surface area contributed by atoms with Crippen LogP contribution in [0.4, 0.5) is 5.69 Å². The molecule has 1 heterocycles. The van der Waals surface area contributed by atoms with Crippen molar-refractivity contribution in [3.63, 3.8) is 0 Å². The number of carboxylic acid groups (broad SMARTS) is 1. The minimum absolute atomic E-state index is 0.198. The molecule has 90 valence electrons. The average Bonchev–Trinajstić information content (AvgIpc) is 2.47. The molecule has 0 saturated heterocycles. The fraction of sp³-hybridized carbons (Fsp3) is 0.357. The second-order valence-corrected chi connectivity index (χ2v) is 4.85. The van der Waals surface area contributed by atoms with E-state index in [0.717, 1.165) is 23.5 Å². The molecular weight excluding hydrogens is 214 g/mol. The molecule has 1 aromatic rings. The van der Waals surface area contributed by atoms with E-state index < -0.39 is 5.97 Å². The third-order valence-electron chi connectivity index (χ3n) is 3.57. The van der Waals surface area contributed by atoms with Crippen LogP contribution in [0.25, 0.3) is 0 Å². The third kappa shape index (κ3) is 1.54. The lowest BCUT2D eigenvalue weighted by atomic mass is 9.84. The largest absolute Gasteiger partial charge is 0.478 e. The number of rotatable bonds is 2. The molecule has 17 heavy (non-hydrogen) atoms. The minimum Gasteiger partial charge on any atom is -0.478 e. The zero-order valence-electron chi connectivity index (χ0n) is 10.4. The highest BCUT2D eigenvalue weighted by Crippen LogP contribution is 2.46. The van der Waals surface area contributed by atoms with Gasteiger partial charge >= 0.3 is 5.97 Å². The fourth-order valence-electron chi connectivity index (χ4n) is 2.40. The molecule has 0 amide bonds. The van der Waals surface area contributed by atoms with Crippen LogP contribution in [0.2, 0.25) is 0 Å². The quantitative estimate of drug-likeness (QED) is 0.850. The van der Waals surface area contributed by atoms with Crippen LogP contribution in [0.1, 0.15) is 36.7 Å². The second-order valence-electron chi connectivity index (χ2n) is 4.85. The van der Waals surface area contributed by atoms with Crippen molar-refractivity contribution in [1.29, 1.82) is 0 Å². The lowest BCUT2D eigenvalue weighted by Crippen LogP contribution is -2.24. The van der Waals surface area contributed by atoms with Crippen molar-refractivity contribution >= 4 is 11.7 Å². The number of likely N-dealkylation sites (N-methyl/N-ethyl adjacent to an activating group) is 1. The number of carboxylic acids is 1. The smallest absolute Gasteiger partial charge is 0.335 e. The molecule has 1 aliphatic heterocycles. The maximum atomic E-state index is 11.0. The number of anilines is 1. The molecule has 1 aliphatic rings. The Labute approximate surface area is 101 Å². The number of nitrogens with zero attached hydrogens (tertiary/aromatic N) is 1. The van der Waals surface area contributed by atoms with Gasteiger partial charge in [-0.3, -0.25) is 0 Å². The van der Waals surface area contributed by atoms with Gasteiger partial charge < -0.3 is 10.0 Å². The Kier molecular flexibility index (Phi) is 2.49. The number of aromatic carboxylic acids is 1. The predicted molar refractivity (Wildman–Crippen MR) is 68.6 cm³/mol. The maximum Gasteiger partial charge on any atom is 0.335 e. The van der Waals surface area contributed by atoms with Crippen molar-refractivity contribution < 1.29 is 9.90 Å². The molecule has 0 spiro atoms. The molecule has 0 atom stereocenters. The molecule has 0 aliphatic carbocycles. The highest BCUT2D eigenvalue weighted by molar-refractivity contribution is 5.89. The molecule has 0 unspecified atom stereocenters. The molecule has 2 rings (SSSR count). The van der Waals surface area contributed by atoms with Crippen LogP contribution < -0.4 is 4.90 Å². The highest BCUT2D eigenvalue weighted by atomic mass is 16.4. The average molecular weight is 231 g/mol. The fourth-order valence-corrected chi connectivity index (χ4v) is 2.40. The number of fused-ring (bicyclic) bond motifs is 1. The van der Waals surface area contributed by atoms with Gasteiger partial charge in [0.2, 0.25) is 0 Å². The second kappa shape index (κ2) is 3.62. The third-order valence-corrected chi connectivity index (χ3v) is 3.57. The predicted octanol–water partition coefficient (Wildman–Crippen LogP) is 3.02. The van der Waals surface area contributed by atoms with Crippen LogP contribution in [-0.4, -0.2) is 17.6 Å². The first-order chi connectivity index (χ1) is 7.89. The molecule has 1 N–H and O–H groups in total. The number of hydrogen-bond donors (Lipinski definition) is 1. The monoisotopic (exact) mass is 231 g/mol. The van der Waals surface area contributed by atoms with Gasteiger partial charge in [0.05, 0.1) is 5.56 Å². The summed E-state index contributed by atoms with van der Waals surface area (Å²) in [5.74, 6) is -0.885. The van der Waals surface area contributed by atoms with Gasteiger partial charge in [0, 0.05) is 23.3 Å². The number of allylic oxidation sites excluding steroid dienone is 1. The first-order valence-corrected chi connectivity index (χ1v) is 5.74. The summed E-state index contributed by atoms with van der Waals surface area (Å²) in [6, 6.07) is 5.29. The van der Waals surface area contributed by atoms with E-state index in [0.29, 0.717) is 5.56 Å². The van der Waals surface area contributed by atoms with E-state index in [9.17, 15) is 4.79 Å². The van der Waals surface area contributed by atoms with E-state index in [2.05, 4.69) is 32.3 Å². The molecule has 0 saturated carbocycles. The summed E-state index contributed by atoms with van der Waals surface area (Å²) in [4.78, 5) is 13.1. The summed E-state index contributed by atoms with van der Waals surface area (Å²) in [5, 5.41) is 9.04. The van der Waals surface area contributed by atoms with E-state index in [-0.39, 0.29) is 5.41 Å². The molecule has 0 bridgehead atoms. The van der Waals surface area contributed by atoms with Crippen molar-refractivity contribution in [2.45, 2.75) is 26.2 Å². The van der Waals surface area contributed by atoms with Gasteiger partial charge in [0.15, 0.2) is 0 Å². The summed E-state index contributed by atoms with van der Waals surface area (Å²) in [7, 11) is 0. The van der Waals surface area contributed by atoms with Crippen LogP contribution in [0.3, 0.4) is 0 Å². The molecule has 0 fully saturated rings. The Hall–Kier alpha value is -1.77.